The van der Waals surface area contributed by atoms with Crippen molar-refractivity contribution in [1.82, 2.24) is 14.1 Å². The van der Waals surface area contributed by atoms with E-state index in [4.69, 9.17) is 4.74 Å². The number of nitrogens with zero attached hydrogens (tertiary/aromatic N) is 3. The minimum atomic E-state index is -3.10. The molecule has 1 atom stereocenters. The third-order valence-corrected chi connectivity index (χ3v) is 6.91. The van der Waals surface area contributed by atoms with Crippen LogP contribution in [-0.2, 0) is 19.6 Å². The SMILES string of the molecule is CN1CC2(CCN(S(C)(=O)=O)CC2)CC1C(=O)N1CCOCC1. The number of piperidine rings is 1. The Morgan fingerprint density at radius 2 is 1.74 bits per heavy atom. The molecule has 1 spiro atoms. The van der Waals surface area contributed by atoms with E-state index in [1.54, 1.807) is 4.31 Å². The predicted molar refractivity (Wildman–Crippen MR) is 86.5 cm³/mol. The highest BCUT2D eigenvalue weighted by molar-refractivity contribution is 7.88. The zero-order valence-corrected chi connectivity index (χ0v) is 14.8. The first-order valence-electron chi connectivity index (χ1n) is 8.33. The fourth-order valence-corrected chi connectivity index (χ4v) is 5.04. The number of amides is 1. The van der Waals surface area contributed by atoms with Gasteiger partial charge in [-0.25, -0.2) is 12.7 Å². The van der Waals surface area contributed by atoms with E-state index in [2.05, 4.69) is 4.90 Å². The summed E-state index contributed by atoms with van der Waals surface area (Å²) >= 11 is 0. The molecule has 0 aromatic heterocycles. The van der Waals surface area contributed by atoms with Crippen molar-refractivity contribution in [2.24, 2.45) is 5.41 Å². The Kier molecular flexibility index (Phi) is 4.70. The van der Waals surface area contributed by atoms with Crippen LogP contribution < -0.4 is 0 Å². The highest BCUT2D eigenvalue weighted by Gasteiger charge is 2.48. The average Bonchev–Trinajstić information content (AvgIpc) is 2.83. The van der Waals surface area contributed by atoms with Crippen LogP contribution in [0.1, 0.15) is 19.3 Å². The summed E-state index contributed by atoms with van der Waals surface area (Å²) in [6, 6.07) is -0.0714. The molecule has 3 rings (SSSR count). The number of hydrogen-bond acceptors (Lipinski definition) is 5. The largest absolute Gasteiger partial charge is 0.378 e. The van der Waals surface area contributed by atoms with Gasteiger partial charge in [0.25, 0.3) is 0 Å². The monoisotopic (exact) mass is 345 g/mol. The number of morpholine rings is 1. The van der Waals surface area contributed by atoms with E-state index >= 15 is 0 Å². The fraction of sp³-hybridized carbons (Fsp3) is 0.933. The molecule has 0 N–H and O–H groups in total. The van der Waals surface area contributed by atoms with Gasteiger partial charge in [-0.1, -0.05) is 0 Å². The number of carbonyl (C=O) groups excluding carboxylic acids is 1. The Balaban J connectivity index is 1.63. The normalized spacial score (nSPS) is 30.0. The third kappa shape index (κ3) is 3.55. The van der Waals surface area contributed by atoms with E-state index in [0.29, 0.717) is 39.4 Å². The van der Waals surface area contributed by atoms with Crippen LogP contribution in [0.4, 0.5) is 0 Å². The number of sulfonamides is 1. The number of carbonyl (C=O) groups is 1. The molecule has 3 aliphatic rings. The number of rotatable bonds is 2. The predicted octanol–water partition coefficient (Wildman–Crippen LogP) is -0.409. The fourth-order valence-electron chi connectivity index (χ4n) is 4.19. The van der Waals surface area contributed by atoms with Gasteiger partial charge < -0.3 is 9.64 Å². The van der Waals surface area contributed by atoms with Crippen LogP contribution in [0.3, 0.4) is 0 Å². The topological polar surface area (TPSA) is 70.2 Å². The van der Waals surface area contributed by atoms with Gasteiger partial charge in [-0.15, -0.1) is 0 Å². The van der Waals surface area contributed by atoms with Crippen LogP contribution in [0.5, 0.6) is 0 Å². The molecule has 8 heteroatoms. The van der Waals surface area contributed by atoms with Gasteiger partial charge in [0.2, 0.25) is 15.9 Å². The number of likely N-dealkylation sites (tertiary alicyclic amines) is 1. The van der Waals surface area contributed by atoms with Crippen LogP contribution in [0.25, 0.3) is 0 Å². The minimum Gasteiger partial charge on any atom is -0.378 e. The smallest absolute Gasteiger partial charge is 0.240 e. The summed E-state index contributed by atoms with van der Waals surface area (Å²) in [6.07, 6.45) is 3.81. The molecular formula is C15H27N3O4S. The maximum absolute atomic E-state index is 12.8. The third-order valence-electron chi connectivity index (χ3n) is 5.60. The average molecular weight is 345 g/mol. The van der Waals surface area contributed by atoms with Crippen molar-refractivity contribution in [1.29, 1.82) is 0 Å². The van der Waals surface area contributed by atoms with E-state index < -0.39 is 10.0 Å². The summed E-state index contributed by atoms with van der Waals surface area (Å²) < 4.78 is 30.2. The summed E-state index contributed by atoms with van der Waals surface area (Å²) in [6.45, 7) is 4.63. The van der Waals surface area contributed by atoms with Gasteiger partial charge in [0, 0.05) is 32.7 Å². The highest BCUT2D eigenvalue weighted by atomic mass is 32.2. The van der Waals surface area contributed by atoms with Gasteiger partial charge in [-0.05, 0) is 31.7 Å². The molecule has 1 amide bonds. The zero-order chi connectivity index (χ0) is 16.7. The van der Waals surface area contributed by atoms with Gasteiger partial charge in [0.05, 0.1) is 25.5 Å². The molecule has 0 saturated carbocycles. The van der Waals surface area contributed by atoms with Crippen molar-refractivity contribution in [3.8, 4) is 0 Å². The molecule has 7 nitrogen and oxygen atoms in total. The maximum atomic E-state index is 12.8. The van der Waals surface area contributed by atoms with E-state index in [0.717, 1.165) is 25.8 Å². The highest BCUT2D eigenvalue weighted by Crippen LogP contribution is 2.43. The zero-order valence-electron chi connectivity index (χ0n) is 14.0. The van der Waals surface area contributed by atoms with Gasteiger partial charge in [-0.2, -0.15) is 0 Å². The maximum Gasteiger partial charge on any atom is 0.240 e. The Hall–Kier alpha value is -0.700. The summed E-state index contributed by atoms with van der Waals surface area (Å²) in [5.74, 6) is 0.207. The molecule has 3 heterocycles. The Bertz CT molecular complexity index is 551. The number of likely N-dealkylation sites (N-methyl/N-ethyl adjacent to an activating group) is 1. The van der Waals surface area contributed by atoms with Crippen molar-refractivity contribution in [2.75, 3.05) is 59.2 Å². The molecule has 0 aliphatic carbocycles. The molecule has 0 aromatic rings. The second-order valence-electron chi connectivity index (χ2n) is 7.23. The lowest BCUT2D eigenvalue weighted by molar-refractivity contribution is -0.139. The summed E-state index contributed by atoms with van der Waals surface area (Å²) in [5.41, 5.74) is 0.0859. The first-order chi connectivity index (χ1) is 10.8. The van der Waals surface area contributed by atoms with Crippen LogP contribution in [0.2, 0.25) is 0 Å². The van der Waals surface area contributed by atoms with Crippen molar-refractivity contribution >= 4 is 15.9 Å². The molecule has 0 bridgehead atoms. The lowest BCUT2D eigenvalue weighted by Gasteiger charge is -2.38. The first-order valence-corrected chi connectivity index (χ1v) is 10.2. The van der Waals surface area contributed by atoms with Crippen LogP contribution in [0.15, 0.2) is 0 Å². The minimum absolute atomic E-state index is 0.0714. The van der Waals surface area contributed by atoms with Gasteiger partial charge in [0.15, 0.2) is 0 Å². The quantitative estimate of drug-likeness (QED) is 0.681. The molecule has 23 heavy (non-hydrogen) atoms. The summed E-state index contributed by atoms with van der Waals surface area (Å²) in [5, 5.41) is 0. The lowest BCUT2D eigenvalue weighted by atomic mass is 9.77. The van der Waals surface area contributed by atoms with E-state index in [1.807, 2.05) is 11.9 Å². The molecule has 132 valence electrons. The number of ether oxygens (including phenoxy) is 1. The van der Waals surface area contributed by atoms with E-state index in [-0.39, 0.29) is 17.4 Å². The molecular weight excluding hydrogens is 318 g/mol. The number of hydrogen-bond donors (Lipinski definition) is 0. The molecule has 0 aromatic carbocycles. The van der Waals surface area contributed by atoms with Crippen LogP contribution >= 0.6 is 0 Å². The first kappa shape index (κ1) is 17.1. The van der Waals surface area contributed by atoms with Crippen LogP contribution in [-0.4, -0.2) is 93.7 Å². The summed E-state index contributed by atoms with van der Waals surface area (Å²) in [4.78, 5) is 16.9. The van der Waals surface area contributed by atoms with Crippen molar-refractivity contribution in [3.63, 3.8) is 0 Å². The molecule has 1 unspecified atom stereocenters. The Morgan fingerprint density at radius 3 is 2.30 bits per heavy atom. The molecule has 0 radical (unpaired) electrons. The van der Waals surface area contributed by atoms with Crippen LogP contribution in [0, 0.1) is 5.41 Å². The Labute approximate surface area is 138 Å². The standard InChI is InChI=1S/C15H27N3O4S/c1-16-12-15(3-5-18(6-4-15)23(2,20)21)11-13(16)14(19)17-7-9-22-10-8-17/h13H,3-12H2,1-2H3. The molecule has 3 aliphatic heterocycles. The van der Waals surface area contributed by atoms with Crippen molar-refractivity contribution < 1.29 is 17.9 Å². The lowest BCUT2D eigenvalue weighted by Crippen LogP contribution is -2.48. The van der Waals surface area contributed by atoms with E-state index in [1.165, 1.54) is 6.26 Å². The van der Waals surface area contributed by atoms with Crippen molar-refractivity contribution in [3.05, 3.63) is 0 Å². The van der Waals surface area contributed by atoms with Gasteiger partial charge in [0.1, 0.15) is 0 Å². The molecule has 3 fully saturated rings. The summed E-state index contributed by atoms with van der Waals surface area (Å²) in [7, 11) is -1.09. The second-order valence-corrected chi connectivity index (χ2v) is 9.22. The van der Waals surface area contributed by atoms with Gasteiger partial charge >= 0.3 is 0 Å². The van der Waals surface area contributed by atoms with Gasteiger partial charge in [-0.3, -0.25) is 9.69 Å². The molecule has 3 saturated heterocycles. The van der Waals surface area contributed by atoms with E-state index in [9.17, 15) is 13.2 Å². The Morgan fingerprint density at radius 1 is 1.13 bits per heavy atom. The second kappa shape index (κ2) is 6.31. The van der Waals surface area contributed by atoms with Crippen molar-refractivity contribution in [2.45, 2.75) is 25.3 Å².